The lowest BCUT2D eigenvalue weighted by atomic mass is 9.91. The molecular weight excluding hydrogens is 412 g/mol. The van der Waals surface area contributed by atoms with Crippen molar-refractivity contribution < 1.29 is 9.59 Å². The fourth-order valence-electron chi connectivity index (χ4n) is 3.56. The number of carbonyl (C=O) groups is 2. The number of thioether (sulfide) groups is 1. The fraction of sp³-hybridized carbons (Fsp3) is 0.409. The molecule has 0 bridgehead atoms. The monoisotopic (exact) mass is 440 g/mol. The molecule has 1 saturated carbocycles. The maximum Gasteiger partial charge on any atom is 0.257 e. The number of pyridine rings is 1. The van der Waals surface area contributed by atoms with Crippen LogP contribution in [0.25, 0.3) is 6.08 Å². The minimum atomic E-state index is -0.320. The van der Waals surface area contributed by atoms with Gasteiger partial charge in [-0.05, 0) is 61.7 Å². The highest BCUT2D eigenvalue weighted by atomic mass is 32.2. The van der Waals surface area contributed by atoms with Crippen LogP contribution >= 0.6 is 11.8 Å². The Morgan fingerprint density at radius 1 is 1.13 bits per heavy atom. The smallest absolute Gasteiger partial charge is 0.257 e. The Hall–Kier alpha value is -2.78. The molecule has 0 saturated heterocycles. The van der Waals surface area contributed by atoms with Gasteiger partial charge in [0, 0.05) is 50.2 Å². The largest absolute Gasteiger partial charge is 0.355 e. The zero-order chi connectivity index (χ0) is 21.9. The quantitative estimate of drug-likeness (QED) is 0.382. The summed E-state index contributed by atoms with van der Waals surface area (Å²) in [7, 11) is 1.53. The van der Waals surface area contributed by atoms with E-state index in [2.05, 4.69) is 37.0 Å². The van der Waals surface area contributed by atoms with Gasteiger partial charge in [-0.2, -0.15) is 0 Å². The molecule has 3 N–H and O–H groups in total. The lowest BCUT2D eigenvalue weighted by Crippen LogP contribution is -2.38. The second kappa shape index (κ2) is 12.2. The van der Waals surface area contributed by atoms with Crippen LogP contribution in [0, 0.1) is 0 Å². The first-order valence-electron chi connectivity index (χ1n) is 10.4. The third-order valence-electron chi connectivity index (χ3n) is 5.18. The van der Waals surface area contributed by atoms with E-state index >= 15 is 0 Å². The Balaban J connectivity index is 1.47. The van der Waals surface area contributed by atoms with Crippen molar-refractivity contribution in [2.75, 3.05) is 18.9 Å². The van der Waals surface area contributed by atoms with Gasteiger partial charge >= 0.3 is 0 Å². The van der Waals surface area contributed by atoms with Gasteiger partial charge in [0.15, 0.2) is 5.62 Å². The molecule has 8 nitrogen and oxygen atoms in total. The van der Waals surface area contributed by atoms with Gasteiger partial charge in [0.2, 0.25) is 5.95 Å². The van der Waals surface area contributed by atoms with Gasteiger partial charge in [-0.1, -0.05) is 6.07 Å². The van der Waals surface area contributed by atoms with Crippen molar-refractivity contribution in [2.24, 2.45) is 0 Å². The van der Waals surface area contributed by atoms with Crippen LogP contribution < -0.4 is 16.0 Å². The van der Waals surface area contributed by atoms with Crippen molar-refractivity contribution in [3.05, 3.63) is 53.0 Å². The predicted molar refractivity (Wildman–Crippen MR) is 124 cm³/mol. The zero-order valence-electron chi connectivity index (χ0n) is 17.6. The Morgan fingerprint density at radius 3 is 2.65 bits per heavy atom. The minimum absolute atomic E-state index is 0.291. The second-order valence-corrected chi connectivity index (χ2v) is 8.19. The Morgan fingerprint density at radius 2 is 1.94 bits per heavy atom. The van der Waals surface area contributed by atoms with Gasteiger partial charge in [-0.3, -0.25) is 14.6 Å². The fourth-order valence-corrected chi connectivity index (χ4v) is 4.06. The maximum atomic E-state index is 11.9. The lowest BCUT2D eigenvalue weighted by Gasteiger charge is -2.29. The molecular formula is C22H28N6O2S. The highest BCUT2D eigenvalue weighted by molar-refractivity contribution is 8.16. The van der Waals surface area contributed by atoms with Crippen molar-refractivity contribution in [3.63, 3.8) is 0 Å². The summed E-state index contributed by atoms with van der Waals surface area (Å²) in [6.07, 6.45) is 10.3. The zero-order valence-corrected chi connectivity index (χ0v) is 18.4. The summed E-state index contributed by atoms with van der Waals surface area (Å²) in [5.41, 5.74) is 2.32. The number of hydrogen-bond acceptors (Lipinski definition) is 8. The van der Waals surface area contributed by atoms with Crippen LogP contribution in [-0.4, -0.2) is 52.2 Å². The number of anilines is 1. The third kappa shape index (κ3) is 7.45. The topological polar surface area (TPSA) is 109 Å². The molecule has 1 fully saturated rings. The molecule has 2 heterocycles. The summed E-state index contributed by atoms with van der Waals surface area (Å²) in [5.74, 6) is 0.215. The summed E-state index contributed by atoms with van der Waals surface area (Å²) in [6.45, 7) is 0.934. The van der Waals surface area contributed by atoms with E-state index in [1.165, 1.54) is 7.05 Å². The van der Waals surface area contributed by atoms with Crippen LogP contribution in [-0.2, 0) is 16.0 Å². The average Bonchev–Trinajstić information content (AvgIpc) is 2.80. The van der Waals surface area contributed by atoms with Crippen molar-refractivity contribution in [2.45, 2.75) is 44.2 Å². The van der Waals surface area contributed by atoms with E-state index in [9.17, 15) is 9.59 Å². The van der Waals surface area contributed by atoms with E-state index in [0.29, 0.717) is 34.2 Å². The Bertz CT molecular complexity index is 885. The van der Waals surface area contributed by atoms with E-state index in [-0.39, 0.29) is 5.91 Å². The van der Waals surface area contributed by atoms with E-state index in [1.807, 2.05) is 18.3 Å². The predicted octanol–water partition coefficient (Wildman–Crippen LogP) is 2.44. The SMILES string of the molecule is CNC(=O)/C(=C/c1ccnc(NC2CCC(NCCc3ccccn3)CC2)n1)SC=O. The molecule has 164 valence electrons. The molecule has 9 heteroatoms. The standard InChI is InChI=1S/C22H28N6O2S/c1-23-21(30)20(31-15-29)14-19-10-13-26-22(28-19)27-18-7-5-17(6-8-18)25-12-9-16-4-2-3-11-24-16/h2-4,10-11,13-15,17-18,25H,5-9,12H2,1H3,(H,23,30)(H,26,27,28)/b20-14-. The van der Waals surface area contributed by atoms with Crippen LogP contribution in [0.4, 0.5) is 5.95 Å². The van der Waals surface area contributed by atoms with Crippen molar-refractivity contribution in [1.29, 1.82) is 0 Å². The number of likely N-dealkylation sites (N-methyl/N-ethyl adjacent to an activating group) is 1. The normalized spacial score (nSPS) is 18.9. The summed E-state index contributed by atoms with van der Waals surface area (Å²) in [4.78, 5) is 36.1. The Kier molecular flexibility index (Phi) is 8.99. The summed E-state index contributed by atoms with van der Waals surface area (Å²) >= 11 is 0.827. The van der Waals surface area contributed by atoms with Gasteiger partial charge < -0.3 is 16.0 Å². The van der Waals surface area contributed by atoms with Gasteiger partial charge in [-0.15, -0.1) is 0 Å². The highest BCUT2D eigenvalue weighted by Gasteiger charge is 2.21. The molecule has 1 aliphatic carbocycles. The van der Waals surface area contributed by atoms with Crippen LogP contribution in [0.3, 0.4) is 0 Å². The number of nitrogens with zero attached hydrogens (tertiary/aromatic N) is 3. The van der Waals surface area contributed by atoms with Crippen molar-refractivity contribution in [1.82, 2.24) is 25.6 Å². The molecule has 3 rings (SSSR count). The van der Waals surface area contributed by atoms with Gasteiger partial charge in [0.1, 0.15) is 0 Å². The minimum Gasteiger partial charge on any atom is -0.355 e. The first-order valence-corrected chi connectivity index (χ1v) is 11.3. The molecule has 1 aliphatic rings. The molecule has 0 aliphatic heterocycles. The van der Waals surface area contributed by atoms with Gasteiger partial charge in [0.05, 0.1) is 10.6 Å². The lowest BCUT2D eigenvalue weighted by molar-refractivity contribution is -0.116. The van der Waals surface area contributed by atoms with Crippen molar-refractivity contribution in [3.8, 4) is 0 Å². The number of nitrogens with one attached hydrogen (secondary N) is 3. The first-order chi connectivity index (χ1) is 15.2. The first kappa shape index (κ1) is 22.9. The van der Waals surface area contributed by atoms with E-state index in [4.69, 9.17) is 0 Å². The van der Waals surface area contributed by atoms with E-state index < -0.39 is 0 Å². The van der Waals surface area contributed by atoms with Gasteiger partial charge in [0.25, 0.3) is 5.91 Å². The molecule has 1 amide bonds. The molecule has 0 atom stereocenters. The molecule has 0 radical (unpaired) electrons. The molecule has 0 aromatic carbocycles. The second-order valence-electron chi connectivity index (χ2n) is 7.32. The van der Waals surface area contributed by atoms with E-state index in [1.54, 1.807) is 18.3 Å². The number of rotatable bonds is 10. The average molecular weight is 441 g/mol. The molecule has 0 spiro atoms. The van der Waals surface area contributed by atoms with Crippen LogP contribution in [0.5, 0.6) is 0 Å². The highest BCUT2D eigenvalue weighted by Crippen LogP contribution is 2.22. The molecule has 31 heavy (non-hydrogen) atoms. The summed E-state index contributed by atoms with van der Waals surface area (Å²) in [5, 5.41) is 9.57. The van der Waals surface area contributed by atoms with E-state index in [0.717, 1.165) is 56.1 Å². The van der Waals surface area contributed by atoms with Gasteiger partial charge in [-0.25, -0.2) is 9.97 Å². The van der Waals surface area contributed by atoms with Crippen LogP contribution in [0.15, 0.2) is 41.6 Å². The van der Waals surface area contributed by atoms with Crippen LogP contribution in [0.1, 0.15) is 37.1 Å². The van der Waals surface area contributed by atoms with Crippen molar-refractivity contribution >= 4 is 35.3 Å². The maximum absolute atomic E-state index is 11.9. The number of aromatic nitrogens is 3. The molecule has 2 aromatic heterocycles. The summed E-state index contributed by atoms with van der Waals surface area (Å²) < 4.78 is 0. The number of amides is 1. The Labute approximate surface area is 186 Å². The third-order valence-corrected chi connectivity index (χ3v) is 5.84. The molecule has 2 aromatic rings. The number of carbonyl (C=O) groups excluding carboxylic acids is 2. The molecule has 0 unspecified atom stereocenters. The summed E-state index contributed by atoms with van der Waals surface area (Å²) in [6, 6.07) is 8.56. The number of hydrogen-bond donors (Lipinski definition) is 3. The van der Waals surface area contributed by atoms with Crippen LogP contribution in [0.2, 0.25) is 0 Å².